The maximum absolute atomic E-state index is 13.4. The summed E-state index contributed by atoms with van der Waals surface area (Å²) in [5.74, 6) is -0.157. The van der Waals surface area contributed by atoms with Crippen molar-refractivity contribution in [2.24, 2.45) is 0 Å². The van der Waals surface area contributed by atoms with E-state index >= 15 is 0 Å². The molecule has 3 aliphatic heterocycles. The molecule has 2 fully saturated rings. The number of likely N-dealkylation sites (N-methyl/N-ethyl adjacent to an activating group) is 1. The predicted molar refractivity (Wildman–Crippen MR) is 156 cm³/mol. The largest absolute Gasteiger partial charge is 0.379 e. The van der Waals surface area contributed by atoms with Crippen molar-refractivity contribution in [3.05, 3.63) is 71.0 Å². The number of rotatable bonds is 5. The average Bonchev–Trinajstić information content (AvgIpc) is 3.40. The van der Waals surface area contributed by atoms with Gasteiger partial charge in [-0.25, -0.2) is 8.42 Å². The Bertz CT molecular complexity index is 1580. The molecule has 3 aliphatic rings. The quantitative estimate of drug-likeness (QED) is 0.443. The second-order valence-corrected chi connectivity index (χ2v) is 12.3. The fourth-order valence-electron chi connectivity index (χ4n) is 5.79. The van der Waals surface area contributed by atoms with Crippen LogP contribution in [0.4, 0.5) is 11.4 Å². The molecule has 3 aromatic rings. The zero-order valence-electron chi connectivity index (χ0n) is 23.1. The van der Waals surface area contributed by atoms with Crippen molar-refractivity contribution in [1.29, 1.82) is 0 Å². The number of anilines is 2. The van der Waals surface area contributed by atoms with Crippen molar-refractivity contribution in [2.45, 2.75) is 18.7 Å². The van der Waals surface area contributed by atoms with E-state index in [1.807, 2.05) is 13.0 Å². The standard InChI is InChI=1S/C30H34N4O5S/c1-21-18-23(22(2)34(21)25-6-4-24(5-7-25)32-10-14-38-15-11-32)19-28-27-20-26(8-9-29(27)31(3)30(28)35)40(36,37)33-12-16-39-17-13-33/h4-9,18-20H,10-17H2,1-3H3/b28-19-. The molecule has 2 aromatic carbocycles. The summed E-state index contributed by atoms with van der Waals surface area (Å²) in [6.45, 7) is 8.74. The molecule has 0 aliphatic carbocycles. The van der Waals surface area contributed by atoms with Gasteiger partial charge in [0.25, 0.3) is 5.91 Å². The van der Waals surface area contributed by atoms with E-state index in [4.69, 9.17) is 9.47 Å². The minimum absolute atomic E-state index is 0.157. The summed E-state index contributed by atoms with van der Waals surface area (Å²) in [7, 11) is -1.97. The molecule has 10 heteroatoms. The minimum Gasteiger partial charge on any atom is -0.379 e. The molecule has 0 spiro atoms. The minimum atomic E-state index is -3.69. The summed E-state index contributed by atoms with van der Waals surface area (Å²) in [5, 5.41) is 0. The highest BCUT2D eigenvalue weighted by molar-refractivity contribution is 7.89. The van der Waals surface area contributed by atoms with Gasteiger partial charge in [-0.3, -0.25) is 4.79 Å². The Hall–Kier alpha value is -3.44. The molecule has 9 nitrogen and oxygen atoms in total. The molecule has 1 amide bonds. The highest BCUT2D eigenvalue weighted by Crippen LogP contribution is 2.39. The van der Waals surface area contributed by atoms with E-state index in [1.54, 1.807) is 30.1 Å². The lowest BCUT2D eigenvalue weighted by Crippen LogP contribution is -2.40. The van der Waals surface area contributed by atoms with Gasteiger partial charge in [0.2, 0.25) is 10.0 Å². The number of ether oxygens (including phenoxy) is 2. The van der Waals surface area contributed by atoms with Gasteiger partial charge in [0.1, 0.15) is 0 Å². The predicted octanol–water partition coefficient (Wildman–Crippen LogP) is 3.47. The summed E-state index contributed by atoms with van der Waals surface area (Å²) >= 11 is 0. The van der Waals surface area contributed by atoms with Crippen LogP contribution in [-0.2, 0) is 24.3 Å². The smallest absolute Gasteiger partial charge is 0.258 e. The first kappa shape index (κ1) is 26.8. The Labute approximate surface area is 235 Å². The fraction of sp³-hybridized carbons (Fsp3) is 0.367. The number of carbonyl (C=O) groups is 1. The lowest BCUT2D eigenvalue weighted by molar-refractivity contribution is -0.112. The van der Waals surface area contributed by atoms with E-state index in [-0.39, 0.29) is 10.8 Å². The first-order valence-corrected chi connectivity index (χ1v) is 15.0. The number of nitrogens with zero attached hydrogens (tertiary/aromatic N) is 4. The van der Waals surface area contributed by atoms with E-state index in [1.165, 1.54) is 9.99 Å². The van der Waals surface area contributed by atoms with Gasteiger partial charge in [0.05, 0.1) is 37.0 Å². The molecule has 0 saturated carbocycles. The Balaban J connectivity index is 1.34. The highest BCUT2D eigenvalue weighted by Gasteiger charge is 2.33. The van der Waals surface area contributed by atoms with Gasteiger partial charge in [-0.1, -0.05) is 0 Å². The molecule has 0 N–H and O–H groups in total. The monoisotopic (exact) mass is 562 g/mol. The van der Waals surface area contributed by atoms with Gasteiger partial charge in [-0.05, 0) is 74.0 Å². The Morgan fingerprint density at radius 1 is 0.825 bits per heavy atom. The molecule has 0 unspecified atom stereocenters. The number of hydrogen-bond donors (Lipinski definition) is 0. The third-order valence-corrected chi connectivity index (χ3v) is 9.91. The number of benzene rings is 2. The maximum Gasteiger partial charge on any atom is 0.258 e. The number of amides is 1. The van der Waals surface area contributed by atoms with E-state index in [0.717, 1.165) is 48.9 Å². The van der Waals surface area contributed by atoms with E-state index in [9.17, 15) is 13.2 Å². The van der Waals surface area contributed by atoms with Gasteiger partial charge in [-0.15, -0.1) is 0 Å². The summed E-state index contributed by atoms with van der Waals surface area (Å²) < 4.78 is 41.1. The van der Waals surface area contributed by atoms with Crippen LogP contribution < -0.4 is 9.80 Å². The van der Waals surface area contributed by atoms with Crippen LogP contribution >= 0.6 is 0 Å². The summed E-state index contributed by atoms with van der Waals surface area (Å²) in [4.78, 5) is 17.4. The van der Waals surface area contributed by atoms with Crippen LogP contribution in [0.15, 0.2) is 53.4 Å². The van der Waals surface area contributed by atoms with Gasteiger partial charge in [0, 0.05) is 67.1 Å². The molecule has 6 rings (SSSR count). The topological polar surface area (TPSA) is 84.3 Å². The molecule has 0 atom stereocenters. The van der Waals surface area contributed by atoms with Crippen LogP contribution in [0.5, 0.6) is 0 Å². The average molecular weight is 563 g/mol. The van der Waals surface area contributed by atoms with Gasteiger partial charge in [0.15, 0.2) is 0 Å². The summed E-state index contributed by atoms with van der Waals surface area (Å²) in [6, 6.07) is 15.5. The van der Waals surface area contributed by atoms with Crippen LogP contribution in [0, 0.1) is 13.8 Å². The second-order valence-electron chi connectivity index (χ2n) is 10.4. The molecule has 210 valence electrons. The van der Waals surface area contributed by atoms with Crippen molar-refractivity contribution in [3.8, 4) is 5.69 Å². The highest BCUT2D eigenvalue weighted by atomic mass is 32.2. The maximum atomic E-state index is 13.4. The SMILES string of the molecule is Cc1cc(/C=C2\C(=O)N(C)c3ccc(S(=O)(=O)N4CCOCC4)cc32)c(C)n1-c1ccc(N2CCOCC2)cc1. The second kappa shape index (κ2) is 10.5. The summed E-state index contributed by atoms with van der Waals surface area (Å²) in [6.07, 6.45) is 1.89. The van der Waals surface area contributed by atoms with Crippen molar-refractivity contribution < 1.29 is 22.7 Å². The van der Waals surface area contributed by atoms with Crippen molar-refractivity contribution in [2.75, 3.05) is 69.5 Å². The number of morpholine rings is 2. The number of aromatic nitrogens is 1. The molecular weight excluding hydrogens is 528 g/mol. The van der Waals surface area contributed by atoms with Crippen molar-refractivity contribution in [3.63, 3.8) is 0 Å². The van der Waals surface area contributed by atoms with Crippen LogP contribution in [0.2, 0.25) is 0 Å². The Morgan fingerprint density at radius 2 is 1.45 bits per heavy atom. The third-order valence-electron chi connectivity index (χ3n) is 8.02. The van der Waals surface area contributed by atoms with Gasteiger partial charge in [-0.2, -0.15) is 4.31 Å². The van der Waals surface area contributed by atoms with Crippen LogP contribution in [0.1, 0.15) is 22.5 Å². The van der Waals surface area contributed by atoms with Crippen molar-refractivity contribution in [1.82, 2.24) is 8.87 Å². The summed E-state index contributed by atoms with van der Waals surface area (Å²) in [5.41, 5.74) is 7.00. The number of aryl methyl sites for hydroxylation is 1. The Kier molecular flexibility index (Phi) is 7.03. The first-order chi connectivity index (χ1) is 19.3. The molecule has 0 bridgehead atoms. The molecule has 4 heterocycles. The van der Waals surface area contributed by atoms with Crippen molar-refractivity contribution >= 4 is 39.0 Å². The molecule has 2 saturated heterocycles. The Morgan fingerprint density at radius 3 is 2.12 bits per heavy atom. The zero-order valence-corrected chi connectivity index (χ0v) is 23.9. The zero-order chi connectivity index (χ0) is 28.0. The molecule has 0 radical (unpaired) electrons. The van der Waals surface area contributed by atoms with Crippen LogP contribution in [0.3, 0.4) is 0 Å². The van der Waals surface area contributed by atoms with E-state index in [2.05, 4.69) is 46.7 Å². The molecule has 40 heavy (non-hydrogen) atoms. The number of fused-ring (bicyclic) bond motifs is 1. The lowest BCUT2D eigenvalue weighted by atomic mass is 10.0. The van der Waals surface area contributed by atoms with E-state index < -0.39 is 10.0 Å². The van der Waals surface area contributed by atoms with Crippen LogP contribution in [0.25, 0.3) is 17.3 Å². The van der Waals surface area contributed by atoms with Crippen LogP contribution in [-0.4, -0.2) is 82.9 Å². The van der Waals surface area contributed by atoms with Gasteiger partial charge < -0.3 is 23.8 Å². The molecular formula is C30H34N4O5S. The fourth-order valence-corrected chi connectivity index (χ4v) is 7.22. The first-order valence-electron chi connectivity index (χ1n) is 13.6. The number of sulfonamides is 1. The van der Waals surface area contributed by atoms with Gasteiger partial charge >= 0.3 is 0 Å². The molecule has 1 aromatic heterocycles. The normalized spacial score (nSPS) is 19.5. The number of carbonyl (C=O) groups excluding carboxylic acids is 1. The lowest BCUT2D eigenvalue weighted by Gasteiger charge is -2.29. The third kappa shape index (κ3) is 4.64. The van der Waals surface area contributed by atoms with E-state index in [0.29, 0.717) is 43.1 Å². The number of hydrogen-bond acceptors (Lipinski definition) is 6.